The SMILES string of the molecule is Clc1nsc(Nc2nc3ccc(N(Sc4cccs4)c4nc(Cl)ns4)cc3s2)n1. The first-order chi connectivity index (χ1) is 14.1. The zero-order chi connectivity index (χ0) is 19.8. The molecule has 0 saturated heterocycles. The Morgan fingerprint density at radius 3 is 2.55 bits per heavy atom. The van der Waals surface area contributed by atoms with E-state index in [0.717, 1.165) is 25.2 Å². The van der Waals surface area contributed by atoms with E-state index in [1.807, 2.05) is 27.9 Å². The number of aromatic nitrogens is 5. The Morgan fingerprint density at radius 1 is 0.966 bits per heavy atom. The monoisotopic (exact) mass is 515 g/mol. The molecular formula is C15H7Cl2N7S5. The number of thiophene rings is 1. The number of halogens is 2. The van der Waals surface area contributed by atoms with Crippen LogP contribution in [0.5, 0.6) is 0 Å². The molecule has 0 saturated carbocycles. The molecule has 5 rings (SSSR count). The minimum Gasteiger partial charge on any atom is -0.306 e. The second kappa shape index (κ2) is 8.30. The molecule has 0 aliphatic carbocycles. The van der Waals surface area contributed by atoms with Gasteiger partial charge in [-0.15, -0.1) is 11.3 Å². The topological polar surface area (TPSA) is 79.7 Å². The van der Waals surface area contributed by atoms with E-state index in [2.05, 4.69) is 41.1 Å². The number of benzene rings is 1. The van der Waals surface area contributed by atoms with Gasteiger partial charge in [-0.25, -0.2) is 4.98 Å². The van der Waals surface area contributed by atoms with Crippen LogP contribution in [-0.2, 0) is 0 Å². The van der Waals surface area contributed by atoms with E-state index < -0.39 is 0 Å². The normalized spacial score (nSPS) is 11.2. The third-order valence-electron chi connectivity index (χ3n) is 3.46. The molecule has 0 radical (unpaired) electrons. The Morgan fingerprint density at radius 2 is 1.83 bits per heavy atom. The van der Waals surface area contributed by atoms with Gasteiger partial charge in [0.15, 0.2) is 5.13 Å². The third kappa shape index (κ3) is 4.33. The maximum Gasteiger partial charge on any atom is 0.236 e. The number of anilines is 4. The molecular weight excluding hydrogens is 509 g/mol. The summed E-state index contributed by atoms with van der Waals surface area (Å²) < 4.78 is 12.2. The van der Waals surface area contributed by atoms with Crippen molar-refractivity contribution in [2.75, 3.05) is 9.62 Å². The molecule has 4 aromatic heterocycles. The molecule has 0 atom stereocenters. The first kappa shape index (κ1) is 19.4. The molecule has 0 bridgehead atoms. The highest BCUT2D eigenvalue weighted by Gasteiger charge is 2.18. The summed E-state index contributed by atoms with van der Waals surface area (Å²) in [5.41, 5.74) is 1.84. The van der Waals surface area contributed by atoms with Crippen LogP contribution in [0.25, 0.3) is 10.2 Å². The van der Waals surface area contributed by atoms with Crippen molar-refractivity contribution in [1.82, 2.24) is 23.7 Å². The van der Waals surface area contributed by atoms with Gasteiger partial charge in [0.05, 0.1) is 20.1 Å². The summed E-state index contributed by atoms with van der Waals surface area (Å²) in [5.74, 6) is 0. The average Bonchev–Trinajstić information content (AvgIpc) is 3.48. The molecule has 14 heteroatoms. The van der Waals surface area contributed by atoms with Crippen molar-refractivity contribution < 1.29 is 0 Å². The third-order valence-corrected chi connectivity index (χ3v) is 8.44. The minimum absolute atomic E-state index is 0.220. The van der Waals surface area contributed by atoms with Crippen molar-refractivity contribution in [3.8, 4) is 0 Å². The van der Waals surface area contributed by atoms with Crippen LogP contribution in [0, 0.1) is 0 Å². The Hall–Kier alpha value is -1.54. The van der Waals surface area contributed by atoms with Gasteiger partial charge in [0, 0.05) is 35.0 Å². The summed E-state index contributed by atoms with van der Waals surface area (Å²) >= 11 is 19.0. The van der Waals surface area contributed by atoms with Gasteiger partial charge < -0.3 is 5.32 Å². The number of hydrogen-bond acceptors (Lipinski definition) is 12. The van der Waals surface area contributed by atoms with Gasteiger partial charge >= 0.3 is 0 Å². The molecule has 1 N–H and O–H groups in total. The van der Waals surface area contributed by atoms with Crippen molar-refractivity contribution in [3.05, 3.63) is 46.3 Å². The molecule has 5 aromatic rings. The largest absolute Gasteiger partial charge is 0.306 e. The summed E-state index contributed by atoms with van der Waals surface area (Å²) in [6.45, 7) is 0. The van der Waals surface area contributed by atoms with Crippen LogP contribution >= 0.6 is 80.9 Å². The molecule has 0 aliphatic heterocycles. The highest BCUT2D eigenvalue weighted by Crippen LogP contribution is 2.41. The predicted octanol–water partition coefficient (Wildman–Crippen LogP) is 6.96. The van der Waals surface area contributed by atoms with Gasteiger partial charge in [-0.1, -0.05) is 17.4 Å². The predicted molar refractivity (Wildman–Crippen MR) is 125 cm³/mol. The fourth-order valence-corrected chi connectivity index (χ4v) is 6.62. The lowest BCUT2D eigenvalue weighted by Gasteiger charge is -2.18. The van der Waals surface area contributed by atoms with E-state index in [9.17, 15) is 0 Å². The molecule has 0 aliphatic rings. The van der Waals surface area contributed by atoms with Crippen LogP contribution < -0.4 is 9.62 Å². The summed E-state index contributed by atoms with van der Waals surface area (Å²) in [6, 6.07) is 10.1. The zero-order valence-corrected chi connectivity index (χ0v) is 19.5. The highest BCUT2D eigenvalue weighted by atomic mass is 35.5. The van der Waals surface area contributed by atoms with E-state index in [-0.39, 0.29) is 10.6 Å². The maximum absolute atomic E-state index is 5.97. The molecule has 146 valence electrons. The summed E-state index contributed by atoms with van der Waals surface area (Å²) in [7, 11) is 0. The Balaban J connectivity index is 1.49. The van der Waals surface area contributed by atoms with E-state index in [0.29, 0.717) is 10.3 Å². The van der Waals surface area contributed by atoms with E-state index in [1.165, 1.54) is 34.4 Å². The fraction of sp³-hybridized carbons (Fsp3) is 0. The number of rotatable bonds is 6. The van der Waals surface area contributed by atoms with Gasteiger partial charge in [0.1, 0.15) is 0 Å². The quantitative estimate of drug-likeness (QED) is 0.243. The molecule has 4 heterocycles. The maximum atomic E-state index is 5.97. The fourth-order valence-electron chi connectivity index (χ4n) is 2.33. The van der Waals surface area contributed by atoms with Crippen molar-refractivity contribution in [2.24, 2.45) is 0 Å². The molecule has 0 unspecified atom stereocenters. The van der Waals surface area contributed by atoms with Gasteiger partial charge in [0.25, 0.3) is 0 Å². The summed E-state index contributed by atoms with van der Waals surface area (Å²) in [4.78, 5) is 13.0. The average molecular weight is 517 g/mol. The van der Waals surface area contributed by atoms with Crippen LogP contribution in [0.2, 0.25) is 10.6 Å². The second-order valence-corrected chi connectivity index (χ2v) is 10.7. The van der Waals surface area contributed by atoms with Crippen LogP contribution in [0.1, 0.15) is 0 Å². The standard InChI is InChI=1S/C15H7Cl2N7S5/c16-11-19-14(27-22-11)21-13-18-8-4-3-7(6-9(8)26-13)24(15-20-12(17)23-28-15)29-10-2-1-5-25-10/h1-6H,(H,18,19,21,22). The number of nitrogens with one attached hydrogen (secondary N) is 1. The van der Waals surface area contributed by atoms with Crippen LogP contribution in [0.15, 0.2) is 39.9 Å². The van der Waals surface area contributed by atoms with E-state index in [1.54, 1.807) is 23.3 Å². The Labute approximate surface area is 194 Å². The van der Waals surface area contributed by atoms with Crippen molar-refractivity contribution >= 4 is 112 Å². The Kier molecular flexibility index (Phi) is 5.56. The van der Waals surface area contributed by atoms with Gasteiger partial charge in [0.2, 0.25) is 20.8 Å². The lowest BCUT2D eigenvalue weighted by atomic mass is 10.3. The molecule has 1 aromatic carbocycles. The summed E-state index contributed by atoms with van der Waals surface area (Å²) in [6.07, 6.45) is 0. The van der Waals surface area contributed by atoms with Crippen molar-refractivity contribution in [3.63, 3.8) is 0 Å². The van der Waals surface area contributed by atoms with Gasteiger partial charge in [-0.3, -0.25) is 4.31 Å². The van der Waals surface area contributed by atoms with Gasteiger partial charge in [-0.2, -0.15) is 18.7 Å². The van der Waals surface area contributed by atoms with E-state index >= 15 is 0 Å². The zero-order valence-electron chi connectivity index (χ0n) is 13.9. The molecule has 7 nitrogen and oxygen atoms in total. The van der Waals surface area contributed by atoms with E-state index in [4.69, 9.17) is 23.2 Å². The first-order valence-electron chi connectivity index (χ1n) is 7.82. The van der Waals surface area contributed by atoms with Crippen LogP contribution in [0.4, 0.5) is 21.1 Å². The molecule has 29 heavy (non-hydrogen) atoms. The number of nitrogens with zero attached hydrogens (tertiary/aromatic N) is 6. The van der Waals surface area contributed by atoms with Crippen LogP contribution in [-0.4, -0.2) is 23.7 Å². The lowest BCUT2D eigenvalue weighted by Crippen LogP contribution is -2.05. The van der Waals surface area contributed by atoms with Gasteiger partial charge in [-0.05, 0) is 52.8 Å². The summed E-state index contributed by atoms with van der Waals surface area (Å²) in [5, 5.41) is 7.68. The molecule has 0 amide bonds. The first-order valence-corrected chi connectivity index (χ1v) is 12.6. The molecule has 0 spiro atoms. The van der Waals surface area contributed by atoms with Crippen LogP contribution in [0.3, 0.4) is 0 Å². The number of thiazole rings is 1. The lowest BCUT2D eigenvalue weighted by molar-refractivity contribution is 1.28. The minimum atomic E-state index is 0.220. The highest BCUT2D eigenvalue weighted by molar-refractivity contribution is 8.02. The number of fused-ring (bicyclic) bond motifs is 1. The smallest absolute Gasteiger partial charge is 0.236 e. The molecule has 0 fully saturated rings. The van der Waals surface area contributed by atoms with Crippen molar-refractivity contribution in [2.45, 2.75) is 4.21 Å². The Bertz CT molecular complexity index is 1270. The van der Waals surface area contributed by atoms with Crippen molar-refractivity contribution in [1.29, 1.82) is 0 Å². The number of hydrogen-bond donors (Lipinski definition) is 1. The second-order valence-electron chi connectivity index (χ2n) is 5.33.